The molecule has 0 radical (unpaired) electrons. The third kappa shape index (κ3) is 3.15. The van der Waals surface area contributed by atoms with Gasteiger partial charge in [-0.2, -0.15) is 0 Å². The van der Waals surface area contributed by atoms with Crippen molar-refractivity contribution in [2.45, 2.75) is 101 Å². The highest BCUT2D eigenvalue weighted by Gasteiger charge is 2.64. The van der Waals surface area contributed by atoms with E-state index in [1.165, 1.54) is 38.5 Å². The summed E-state index contributed by atoms with van der Waals surface area (Å²) in [6.45, 7) is 15.2. The van der Waals surface area contributed by atoms with Gasteiger partial charge in [-0.3, -0.25) is 0 Å². The van der Waals surface area contributed by atoms with Gasteiger partial charge in [-0.05, 0) is 77.6 Å². The van der Waals surface area contributed by atoms with E-state index in [2.05, 4.69) is 95.4 Å². The topological polar surface area (TPSA) is 20.2 Å². The van der Waals surface area contributed by atoms with Gasteiger partial charge in [0.2, 0.25) is 0 Å². The van der Waals surface area contributed by atoms with Gasteiger partial charge in [-0.1, -0.05) is 71.9 Å². The molecule has 0 saturated heterocycles. The smallest absolute Gasteiger partial charge is 0.1000 e. The van der Waals surface area contributed by atoms with Crippen LogP contribution in [0, 0.1) is 33.5 Å². The maximum absolute atomic E-state index is 11.6. The Morgan fingerprint density at radius 3 is 1.58 bits per heavy atom. The van der Waals surface area contributed by atoms with E-state index < -0.39 is 6.10 Å². The molecule has 4 bridgehead atoms. The minimum absolute atomic E-state index is 0.219. The first-order chi connectivity index (χ1) is 14.5. The van der Waals surface area contributed by atoms with Crippen molar-refractivity contribution in [2.24, 2.45) is 33.5 Å². The maximum atomic E-state index is 11.6. The molecule has 4 aliphatic rings. The summed E-state index contributed by atoms with van der Waals surface area (Å²) in [4.78, 5) is 0. The van der Waals surface area contributed by atoms with Crippen LogP contribution in [0.5, 0.6) is 0 Å². The van der Waals surface area contributed by atoms with Gasteiger partial charge in [-0.15, -0.1) is 23.5 Å². The predicted molar refractivity (Wildman–Crippen MR) is 136 cm³/mol. The molecule has 4 fully saturated rings. The predicted octanol–water partition coefficient (Wildman–Crippen LogP) is 7.94. The molecule has 1 aromatic carbocycles. The molecule has 4 saturated carbocycles. The molecule has 0 aromatic heterocycles. The fourth-order valence-corrected chi connectivity index (χ4v) is 12.4. The van der Waals surface area contributed by atoms with Crippen LogP contribution in [0.2, 0.25) is 0 Å². The van der Waals surface area contributed by atoms with Gasteiger partial charge in [0, 0.05) is 10.5 Å². The zero-order chi connectivity index (χ0) is 22.2. The Kier molecular flexibility index (Phi) is 5.44. The van der Waals surface area contributed by atoms with Crippen LogP contribution in [0.15, 0.2) is 30.3 Å². The lowest BCUT2D eigenvalue weighted by Gasteiger charge is -2.43. The molecule has 0 aliphatic heterocycles. The van der Waals surface area contributed by atoms with E-state index in [1.807, 2.05) is 0 Å². The number of hydrogen-bond acceptors (Lipinski definition) is 3. The van der Waals surface area contributed by atoms with Gasteiger partial charge in [0.1, 0.15) is 0 Å². The van der Waals surface area contributed by atoms with Crippen LogP contribution in [-0.4, -0.2) is 20.2 Å². The minimum Gasteiger partial charge on any atom is -0.386 e. The van der Waals surface area contributed by atoms with Crippen LogP contribution < -0.4 is 0 Å². The van der Waals surface area contributed by atoms with Crippen molar-refractivity contribution in [3.8, 4) is 0 Å². The van der Waals surface area contributed by atoms with Gasteiger partial charge >= 0.3 is 0 Å². The standard InChI is InChI=1S/C28H42OS2/c1-25(2)19-12-14-27(25,5)21(16-19)30-24(23(29)18-10-8-7-9-11-18)31-22-17-20-13-15-28(22,6)26(20,3)4/h7-11,19-24,29H,12-17H2,1-6H3/t19-,20-,21-,22-,23?,27+,28+/m0/s1. The Balaban J connectivity index is 1.41. The zero-order valence-corrected chi connectivity index (χ0v) is 22.0. The average molecular weight is 459 g/mol. The molecule has 1 nitrogen and oxygen atoms in total. The number of fused-ring (bicyclic) bond motifs is 4. The number of aliphatic hydroxyl groups is 1. The Morgan fingerprint density at radius 2 is 1.23 bits per heavy atom. The quantitative estimate of drug-likeness (QED) is 0.437. The van der Waals surface area contributed by atoms with Crippen LogP contribution in [0.3, 0.4) is 0 Å². The largest absolute Gasteiger partial charge is 0.386 e. The van der Waals surface area contributed by atoms with Crippen molar-refractivity contribution in [3.63, 3.8) is 0 Å². The second-order valence-corrected chi connectivity index (χ2v) is 15.7. The van der Waals surface area contributed by atoms with E-state index in [9.17, 15) is 5.11 Å². The van der Waals surface area contributed by atoms with Crippen molar-refractivity contribution in [3.05, 3.63) is 35.9 Å². The highest BCUT2D eigenvalue weighted by Crippen LogP contribution is 2.72. The SMILES string of the molecule is CC1(C)[C@H]2CC[C@]1(C)[C@@H](SC(S[C@H]1C[C@@H]3CC[C@@]1(C)C3(C)C)C(O)c1ccccc1)C2. The highest BCUT2D eigenvalue weighted by molar-refractivity contribution is 8.17. The fourth-order valence-electron chi connectivity index (χ4n) is 7.98. The summed E-state index contributed by atoms with van der Waals surface area (Å²) in [6.07, 6.45) is 7.79. The first-order valence-corrected chi connectivity index (χ1v) is 14.4. The Bertz CT molecular complexity index is 774. The molecule has 0 spiro atoms. The van der Waals surface area contributed by atoms with E-state index in [-0.39, 0.29) is 4.58 Å². The third-order valence-corrected chi connectivity index (χ3v) is 15.2. The highest BCUT2D eigenvalue weighted by atomic mass is 32.2. The average Bonchev–Trinajstić information content (AvgIpc) is 3.25. The first kappa shape index (κ1) is 22.7. The fraction of sp³-hybridized carbons (Fsp3) is 0.786. The molecule has 172 valence electrons. The summed E-state index contributed by atoms with van der Waals surface area (Å²) in [5.74, 6) is 1.71. The summed E-state index contributed by atoms with van der Waals surface area (Å²) < 4.78 is 0.219. The van der Waals surface area contributed by atoms with Crippen LogP contribution in [0.25, 0.3) is 0 Å². The lowest BCUT2D eigenvalue weighted by Crippen LogP contribution is -2.37. The van der Waals surface area contributed by atoms with E-state index in [1.54, 1.807) is 0 Å². The number of thioether (sulfide) groups is 2. The monoisotopic (exact) mass is 458 g/mol. The molecular formula is C28H42OS2. The van der Waals surface area contributed by atoms with Gasteiger partial charge in [0.15, 0.2) is 0 Å². The maximum Gasteiger partial charge on any atom is 0.1000 e. The van der Waals surface area contributed by atoms with E-state index in [0.29, 0.717) is 32.2 Å². The normalized spacial score (nSPS) is 43.1. The summed E-state index contributed by atoms with van der Waals surface area (Å²) >= 11 is 4.29. The molecule has 7 atom stereocenters. The molecule has 5 rings (SSSR count). The van der Waals surface area contributed by atoms with Crippen molar-refractivity contribution in [2.75, 3.05) is 0 Å². The van der Waals surface area contributed by atoms with Gasteiger partial charge in [0.05, 0.1) is 10.7 Å². The first-order valence-electron chi connectivity index (χ1n) is 12.5. The third-order valence-electron chi connectivity index (χ3n) is 11.4. The lowest BCUT2D eigenvalue weighted by atomic mass is 9.71. The van der Waals surface area contributed by atoms with Crippen LogP contribution in [0.4, 0.5) is 0 Å². The number of aliphatic hydroxyl groups excluding tert-OH is 1. The van der Waals surface area contributed by atoms with Crippen LogP contribution >= 0.6 is 23.5 Å². The summed E-state index contributed by atoms with van der Waals surface area (Å²) in [5.41, 5.74) is 2.74. The molecule has 0 heterocycles. The molecule has 0 amide bonds. The molecule has 1 unspecified atom stereocenters. The number of benzene rings is 1. The molecule has 31 heavy (non-hydrogen) atoms. The van der Waals surface area contributed by atoms with E-state index >= 15 is 0 Å². The second-order valence-electron chi connectivity index (χ2n) is 12.7. The van der Waals surface area contributed by atoms with E-state index in [0.717, 1.165) is 17.4 Å². The molecule has 4 aliphatic carbocycles. The Labute approximate surface area is 198 Å². The van der Waals surface area contributed by atoms with Gasteiger partial charge in [-0.25, -0.2) is 0 Å². The Morgan fingerprint density at radius 1 is 0.774 bits per heavy atom. The zero-order valence-electron chi connectivity index (χ0n) is 20.4. The second kappa shape index (κ2) is 7.44. The number of hydrogen-bond donors (Lipinski definition) is 1. The Hall–Kier alpha value is -0.120. The number of rotatable bonds is 6. The molecular weight excluding hydrogens is 416 g/mol. The van der Waals surface area contributed by atoms with Crippen molar-refractivity contribution in [1.82, 2.24) is 0 Å². The van der Waals surface area contributed by atoms with Crippen LogP contribution in [-0.2, 0) is 0 Å². The summed E-state index contributed by atoms with van der Waals surface area (Å²) in [7, 11) is 0. The van der Waals surface area contributed by atoms with Gasteiger partial charge in [0.25, 0.3) is 0 Å². The van der Waals surface area contributed by atoms with Crippen LogP contribution in [0.1, 0.15) is 91.7 Å². The van der Waals surface area contributed by atoms with Crippen molar-refractivity contribution < 1.29 is 5.11 Å². The summed E-state index contributed by atoms with van der Waals surface area (Å²) in [6, 6.07) is 10.5. The molecule has 1 aromatic rings. The summed E-state index contributed by atoms with van der Waals surface area (Å²) in [5, 5.41) is 13.0. The van der Waals surface area contributed by atoms with E-state index in [4.69, 9.17) is 0 Å². The lowest BCUT2D eigenvalue weighted by molar-refractivity contribution is 0.154. The van der Waals surface area contributed by atoms with Gasteiger partial charge < -0.3 is 5.11 Å². The molecule has 3 heteroatoms. The minimum atomic E-state index is -0.395. The van der Waals surface area contributed by atoms with Crippen molar-refractivity contribution >= 4 is 23.5 Å². The molecule has 1 N–H and O–H groups in total. The van der Waals surface area contributed by atoms with Crippen molar-refractivity contribution in [1.29, 1.82) is 0 Å².